The smallest absolute Gasteiger partial charge is 0.337 e. The van der Waals surface area contributed by atoms with Gasteiger partial charge in [-0.3, -0.25) is 4.79 Å². The lowest BCUT2D eigenvalue weighted by molar-refractivity contribution is 0.0533. The van der Waals surface area contributed by atoms with Crippen LogP contribution in [0.15, 0.2) is 12.1 Å². The fraction of sp³-hybridized carbons (Fsp3) is 0.562. The number of hydrogen-bond acceptors (Lipinski definition) is 4. The number of amides is 1. The molecule has 2 heterocycles. The van der Waals surface area contributed by atoms with Crippen molar-refractivity contribution in [2.75, 3.05) is 13.2 Å². The number of hydrogen-bond donors (Lipinski definition) is 2. The topological polar surface area (TPSA) is 88.5 Å². The van der Waals surface area contributed by atoms with Gasteiger partial charge in [-0.2, -0.15) is 0 Å². The molecule has 0 aromatic carbocycles. The van der Waals surface area contributed by atoms with Gasteiger partial charge in [-0.05, 0) is 31.4 Å². The second-order valence-electron chi connectivity index (χ2n) is 5.97. The third-order valence-electron chi connectivity index (χ3n) is 3.99. The molecule has 2 N–H and O–H groups in total. The van der Waals surface area contributed by atoms with Crippen molar-refractivity contribution in [3.63, 3.8) is 0 Å². The molecule has 2 rings (SSSR count). The van der Waals surface area contributed by atoms with Crippen molar-refractivity contribution in [1.82, 2.24) is 10.3 Å². The van der Waals surface area contributed by atoms with Gasteiger partial charge in [-0.1, -0.05) is 13.8 Å². The van der Waals surface area contributed by atoms with Gasteiger partial charge in [0.15, 0.2) is 0 Å². The summed E-state index contributed by atoms with van der Waals surface area (Å²) in [6.45, 7) is 7.08. The zero-order valence-electron chi connectivity index (χ0n) is 13.1. The molecule has 1 aliphatic heterocycles. The van der Waals surface area contributed by atoms with Gasteiger partial charge in [-0.15, -0.1) is 0 Å². The first-order valence-corrected chi connectivity index (χ1v) is 7.51. The zero-order valence-corrected chi connectivity index (χ0v) is 13.1. The largest absolute Gasteiger partial charge is 0.478 e. The highest BCUT2D eigenvalue weighted by atomic mass is 16.5. The molecular weight excluding hydrogens is 284 g/mol. The van der Waals surface area contributed by atoms with Crippen LogP contribution in [0.25, 0.3) is 0 Å². The molecule has 0 radical (unpaired) electrons. The second-order valence-corrected chi connectivity index (χ2v) is 5.97. The van der Waals surface area contributed by atoms with Crippen molar-refractivity contribution in [3.8, 4) is 0 Å². The van der Waals surface area contributed by atoms with Crippen LogP contribution >= 0.6 is 0 Å². The lowest BCUT2D eigenvalue weighted by Crippen LogP contribution is -2.35. The molecule has 6 heteroatoms. The molecule has 1 aromatic rings. The molecule has 0 saturated carbocycles. The Balaban J connectivity index is 1.98. The summed E-state index contributed by atoms with van der Waals surface area (Å²) in [6.07, 6.45) is 1.11. The standard InChI is InChI=1S/C16H22N2O4/c1-9(2)14-11(6-7-22-14)8-17-15(19)13-5-4-12(16(20)21)10(3)18-13/h4-5,9,11,14H,6-8H2,1-3H3,(H,17,19)(H,20,21). The first kappa shape index (κ1) is 16.4. The highest BCUT2D eigenvalue weighted by Gasteiger charge is 2.30. The Bertz CT molecular complexity index is 571. The van der Waals surface area contributed by atoms with Crippen molar-refractivity contribution >= 4 is 11.9 Å². The number of nitrogens with zero attached hydrogens (tertiary/aromatic N) is 1. The van der Waals surface area contributed by atoms with Gasteiger partial charge in [-0.25, -0.2) is 9.78 Å². The molecular formula is C16H22N2O4. The molecule has 1 aliphatic rings. The van der Waals surface area contributed by atoms with Crippen molar-refractivity contribution in [2.45, 2.75) is 33.3 Å². The molecule has 0 aliphatic carbocycles. The fourth-order valence-corrected chi connectivity index (χ4v) is 2.84. The Kier molecular flexibility index (Phi) is 5.13. The normalized spacial score (nSPS) is 21.1. The molecule has 0 bridgehead atoms. The van der Waals surface area contributed by atoms with Crippen molar-refractivity contribution in [3.05, 3.63) is 29.1 Å². The minimum absolute atomic E-state index is 0.112. The first-order valence-electron chi connectivity index (χ1n) is 7.51. The van der Waals surface area contributed by atoms with E-state index in [9.17, 15) is 9.59 Å². The molecule has 1 amide bonds. The lowest BCUT2D eigenvalue weighted by Gasteiger charge is -2.22. The third kappa shape index (κ3) is 3.62. The third-order valence-corrected chi connectivity index (χ3v) is 3.99. The van der Waals surface area contributed by atoms with E-state index in [-0.39, 0.29) is 23.3 Å². The Morgan fingerprint density at radius 3 is 2.77 bits per heavy atom. The maximum absolute atomic E-state index is 12.1. The number of carboxylic acids is 1. The molecule has 2 atom stereocenters. The van der Waals surface area contributed by atoms with Gasteiger partial charge in [0.1, 0.15) is 5.69 Å². The maximum Gasteiger partial charge on any atom is 0.337 e. The average Bonchev–Trinajstić information content (AvgIpc) is 2.92. The molecule has 22 heavy (non-hydrogen) atoms. The monoisotopic (exact) mass is 306 g/mol. The van der Waals surface area contributed by atoms with Gasteiger partial charge < -0.3 is 15.2 Å². The minimum Gasteiger partial charge on any atom is -0.478 e. The number of ether oxygens (including phenoxy) is 1. The second kappa shape index (κ2) is 6.87. The van der Waals surface area contributed by atoms with Gasteiger partial charge in [0.05, 0.1) is 17.4 Å². The number of aromatic carboxylic acids is 1. The fourth-order valence-electron chi connectivity index (χ4n) is 2.84. The summed E-state index contributed by atoms with van der Waals surface area (Å²) in [5, 5.41) is 11.8. The summed E-state index contributed by atoms with van der Waals surface area (Å²) in [5.41, 5.74) is 0.688. The van der Waals surface area contributed by atoms with Gasteiger partial charge in [0.25, 0.3) is 5.91 Å². The van der Waals surface area contributed by atoms with Crippen LogP contribution in [0.1, 0.15) is 46.8 Å². The number of pyridine rings is 1. The summed E-state index contributed by atoms with van der Waals surface area (Å²) < 4.78 is 5.69. The summed E-state index contributed by atoms with van der Waals surface area (Å²) in [4.78, 5) is 27.2. The van der Waals surface area contributed by atoms with E-state index in [4.69, 9.17) is 9.84 Å². The number of rotatable bonds is 5. The van der Waals surface area contributed by atoms with E-state index in [0.29, 0.717) is 24.1 Å². The SMILES string of the molecule is Cc1nc(C(=O)NCC2CCOC2C(C)C)ccc1C(=O)O. The Labute approximate surface area is 129 Å². The quantitative estimate of drug-likeness (QED) is 0.867. The van der Waals surface area contributed by atoms with Gasteiger partial charge in [0.2, 0.25) is 0 Å². The molecule has 120 valence electrons. The number of carboxylic acid groups (broad SMARTS) is 1. The van der Waals surface area contributed by atoms with Crippen LogP contribution < -0.4 is 5.32 Å². The van der Waals surface area contributed by atoms with Crippen molar-refractivity contribution in [1.29, 1.82) is 0 Å². The predicted molar refractivity (Wildman–Crippen MR) is 81.0 cm³/mol. The van der Waals surface area contributed by atoms with Gasteiger partial charge >= 0.3 is 5.97 Å². The van der Waals surface area contributed by atoms with Crippen LogP contribution in [0.2, 0.25) is 0 Å². The summed E-state index contributed by atoms with van der Waals surface area (Å²) in [5.74, 6) is -0.600. The Morgan fingerprint density at radius 1 is 1.45 bits per heavy atom. The summed E-state index contributed by atoms with van der Waals surface area (Å²) >= 11 is 0. The van der Waals surface area contributed by atoms with E-state index in [1.165, 1.54) is 12.1 Å². The van der Waals surface area contributed by atoms with Crippen LogP contribution in [-0.2, 0) is 4.74 Å². The van der Waals surface area contributed by atoms with E-state index >= 15 is 0 Å². The van der Waals surface area contributed by atoms with Crippen LogP contribution in [-0.4, -0.2) is 41.2 Å². The highest BCUT2D eigenvalue weighted by molar-refractivity contribution is 5.94. The minimum atomic E-state index is -1.04. The first-order chi connectivity index (χ1) is 10.4. The Hall–Kier alpha value is -1.95. The van der Waals surface area contributed by atoms with E-state index in [1.54, 1.807) is 6.92 Å². The molecule has 1 fully saturated rings. The lowest BCUT2D eigenvalue weighted by atomic mass is 9.93. The predicted octanol–water partition coefficient (Wildman–Crippen LogP) is 1.88. The Morgan fingerprint density at radius 2 is 2.18 bits per heavy atom. The summed E-state index contributed by atoms with van der Waals surface area (Å²) in [6, 6.07) is 2.85. The molecule has 1 saturated heterocycles. The number of aryl methyl sites for hydroxylation is 1. The molecule has 2 unspecified atom stereocenters. The number of carbonyl (C=O) groups excluding carboxylic acids is 1. The number of carbonyl (C=O) groups is 2. The number of aromatic nitrogens is 1. The molecule has 0 spiro atoms. The van der Waals surface area contributed by atoms with Crippen molar-refractivity contribution in [2.24, 2.45) is 11.8 Å². The highest BCUT2D eigenvalue weighted by Crippen LogP contribution is 2.26. The average molecular weight is 306 g/mol. The molecule has 1 aromatic heterocycles. The molecule has 6 nitrogen and oxygen atoms in total. The van der Waals surface area contributed by atoms with E-state index < -0.39 is 5.97 Å². The van der Waals surface area contributed by atoms with Gasteiger partial charge in [0, 0.05) is 19.1 Å². The zero-order chi connectivity index (χ0) is 16.3. The maximum atomic E-state index is 12.1. The van der Waals surface area contributed by atoms with Crippen LogP contribution in [0.5, 0.6) is 0 Å². The summed E-state index contributed by atoms with van der Waals surface area (Å²) in [7, 11) is 0. The van der Waals surface area contributed by atoms with Crippen LogP contribution in [0.4, 0.5) is 0 Å². The number of nitrogens with one attached hydrogen (secondary N) is 1. The van der Waals surface area contributed by atoms with E-state index in [2.05, 4.69) is 24.1 Å². The van der Waals surface area contributed by atoms with Crippen LogP contribution in [0.3, 0.4) is 0 Å². The van der Waals surface area contributed by atoms with Crippen LogP contribution in [0, 0.1) is 18.8 Å². The van der Waals surface area contributed by atoms with E-state index in [1.807, 2.05) is 0 Å². The van der Waals surface area contributed by atoms with Crippen molar-refractivity contribution < 1.29 is 19.4 Å². The van der Waals surface area contributed by atoms with E-state index in [0.717, 1.165) is 13.0 Å².